The predicted molar refractivity (Wildman–Crippen MR) is 117 cm³/mol. The van der Waals surface area contributed by atoms with Gasteiger partial charge in [0.15, 0.2) is 0 Å². The maximum atomic E-state index is 12.9. The Morgan fingerprint density at radius 2 is 1.85 bits per heavy atom. The lowest BCUT2D eigenvalue weighted by molar-refractivity contribution is -0.174. The number of carbonyl (C=O) groups is 1. The maximum Gasteiger partial charge on any atom is 0.411 e. The summed E-state index contributed by atoms with van der Waals surface area (Å²) in [4.78, 5) is 34.4. The number of ether oxygens (including phenoxy) is 1. The number of piperazine rings is 1. The van der Waals surface area contributed by atoms with Crippen LogP contribution in [0.2, 0.25) is 0 Å². The lowest BCUT2D eigenvalue weighted by Gasteiger charge is -2.34. The van der Waals surface area contributed by atoms with Crippen LogP contribution in [0.25, 0.3) is 10.9 Å². The fourth-order valence-corrected chi connectivity index (χ4v) is 4.25. The SMILES string of the molecule is O=C(CCc1nc2ccccc2c(=O)n1C1CC1)N1CCN(CCCOCC(F)(F)F)CC1. The number of alkyl halides is 3. The fraction of sp³-hybridized carbons (Fsp3) is 0.609. The monoisotopic (exact) mass is 466 g/mol. The quantitative estimate of drug-likeness (QED) is 0.532. The van der Waals surface area contributed by atoms with Crippen molar-refractivity contribution in [3.63, 3.8) is 0 Å². The molecule has 2 aliphatic rings. The van der Waals surface area contributed by atoms with E-state index in [1.165, 1.54) is 0 Å². The molecule has 0 spiro atoms. The first-order valence-corrected chi connectivity index (χ1v) is 11.5. The topological polar surface area (TPSA) is 67.7 Å². The van der Waals surface area contributed by atoms with Gasteiger partial charge in [0.2, 0.25) is 5.91 Å². The zero-order valence-corrected chi connectivity index (χ0v) is 18.5. The third-order valence-electron chi connectivity index (χ3n) is 6.11. The average molecular weight is 467 g/mol. The Kier molecular flexibility index (Phi) is 7.33. The number of amides is 1. The van der Waals surface area contributed by atoms with Crippen LogP contribution >= 0.6 is 0 Å². The van der Waals surface area contributed by atoms with Gasteiger partial charge in [-0.05, 0) is 31.4 Å². The van der Waals surface area contributed by atoms with Crippen molar-refractivity contribution in [2.75, 3.05) is 45.9 Å². The molecule has 0 unspecified atom stereocenters. The molecule has 2 fully saturated rings. The molecule has 1 amide bonds. The summed E-state index contributed by atoms with van der Waals surface area (Å²) in [7, 11) is 0. The molecule has 2 aromatic rings. The zero-order chi connectivity index (χ0) is 23.4. The Labute approximate surface area is 190 Å². The first kappa shape index (κ1) is 23.7. The number of fused-ring (bicyclic) bond motifs is 1. The van der Waals surface area contributed by atoms with Gasteiger partial charge < -0.3 is 9.64 Å². The highest BCUT2D eigenvalue weighted by atomic mass is 19.4. The molecule has 1 saturated heterocycles. The second-order valence-corrected chi connectivity index (χ2v) is 8.70. The Bertz CT molecular complexity index is 1030. The minimum atomic E-state index is -4.29. The lowest BCUT2D eigenvalue weighted by Crippen LogP contribution is -2.49. The van der Waals surface area contributed by atoms with E-state index in [9.17, 15) is 22.8 Å². The number of carbonyl (C=O) groups excluding carboxylic acids is 1. The molecule has 33 heavy (non-hydrogen) atoms. The fourth-order valence-electron chi connectivity index (χ4n) is 4.25. The molecule has 0 bridgehead atoms. The van der Waals surface area contributed by atoms with Crippen molar-refractivity contribution >= 4 is 16.8 Å². The van der Waals surface area contributed by atoms with Gasteiger partial charge in [0.1, 0.15) is 12.4 Å². The highest BCUT2D eigenvalue weighted by Crippen LogP contribution is 2.35. The van der Waals surface area contributed by atoms with Crippen LogP contribution in [0.1, 0.15) is 37.5 Å². The number of hydrogen-bond acceptors (Lipinski definition) is 5. The molecule has 1 aromatic heterocycles. The van der Waals surface area contributed by atoms with E-state index in [-0.39, 0.29) is 24.1 Å². The predicted octanol–water partition coefficient (Wildman–Crippen LogP) is 2.78. The Balaban J connectivity index is 1.25. The van der Waals surface area contributed by atoms with Crippen molar-refractivity contribution in [2.24, 2.45) is 0 Å². The molecule has 0 radical (unpaired) electrons. The van der Waals surface area contributed by atoms with E-state index in [2.05, 4.69) is 9.64 Å². The second kappa shape index (κ2) is 10.2. The van der Waals surface area contributed by atoms with Gasteiger partial charge in [0.25, 0.3) is 5.56 Å². The van der Waals surface area contributed by atoms with Crippen LogP contribution in [-0.2, 0) is 16.0 Å². The van der Waals surface area contributed by atoms with Gasteiger partial charge in [0, 0.05) is 58.2 Å². The van der Waals surface area contributed by atoms with Crippen LogP contribution in [0.4, 0.5) is 13.2 Å². The number of benzene rings is 1. The first-order valence-electron chi connectivity index (χ1n) is 11.5. The highest BCUT2D eigenvalue weighted by Gasteiger charge is 2.29. The summed E-state index contributed by atoms with van der Waals surface area (Å²) in [6, 6.07) is 7.49. The molecule has 0 atom stereocenters. The van der Waals surface area contributed by atoms with Crippen LogP contribution in [0.3, 0.4) is 0 Å². The Morgan fingerprint density at radius 3 is 2.55 bits per heavy atom. The highest BCUT2D eigenvalue weighted by molar-refractivity contribution is 5.78. The molecule has 4 rings (SSSR count). The third-order valence-corrected chi connectivity index (χ3v) is 6.11. The lowest BCUT2D eigenvalue weighted by atomic mass is 10.2. The van der Waals surface area contributed by atoms with Crippen molar-refractivity contribution in [3.8, 4) is 0 Å². The molecule has 0 N–H and O–H groups in total. The van der Waals surface area contributed by atoms with E-state index >= 15 is 0 Å². The number of halogens is 3. The summed E-state index contributed by atoms with van der Waals surface area (Å²) >= 11 is 0. The number of rotatable bonds is 9. The molecule has 1 saturated carbocycles. The van der Waals surface area contributed by atoms with Crippen molar-refractivity contribution in [1.29, 1.82) is 0 Å². The number of aryl methyl sites for hydroxylation is 1. The van der Waals surface area contributed by atoms with Crippen LogP contribution in [0, 0.1) is 0 Å². The van der Waals surface area contributed by atoms with E-state index in [4.69, 9.17) is 4.98 Å². The van der Waals surface area contributed by atoms with E-state index in [1.54, 1.807) is 10.6 Å². The molecular weight excluding hydrogens is 437 g/mol. The minimum absolute atomic E-state index is 0.0293. The van der Waals surface area contributed by atoms with Crippen LogP contribution in [0.5, 0.6) is 0 Å². The van der Waals surface area contributed by atoms with Gasteiger partial charge in [-0.25, -0.2) is 4.98 Å². The van der Waals surface area contributed by atoms with Gasteiger partial charge in [-0.2, -0.15) is 13.2 Å². The average Bonchev–Trinajstić information content (AvgIpc) is 3.62. The maximum absolute atomic E-state index is 12.9. The third kappa shape index (κ3) is 6.32. The minimum Gasteiger partial charge on any atom is -0.372 e. The summed E-state index contributed by atoms with van der Waals surface area (Å²) in [5.41, 5.74) is 0.632. The van der Waals surface area contributed by atoms with E-state index in [0.29, 0.717) is 68.7 Å². The second-order valence-electron chi connectivity index (χ2n) is 8.70. The zero-order valence-electron chi connectivity index (χ0n) is 18.5. The summed E-state index contributed by atoms with van der Waals surface area (Å²) in [5.74, 6) is 0.708. The van der Waals surface area contributed by atoms with Gasteiger partial charge >= 0.3 is 6.18 Å². The van der Waals surface area contributed by atoms with Gasteiger partial charge in [-0.1, -0.05) is 12.1 Å². The summed E-state index contributed by atoms with van der Waals surface area (Å²) in [6.45, 7) is 2.05. The first-order chi connectivity index (χ1) is 15.8. The van der Waals surface area contributed by atoms with Gasteiger partial charge in [0.05, 0.1) is 10.9 Å². The molecule has 2 heterocycles. The van der Waals surface area contributed by atoms with Crippen LogP contribution in [-0.4, -0.2) is 77.4 Å². The molecule has 10 heteroatoms. The molecule has 1 aliphatic heterocycles. The smallest absolute Gasteiger partial charge is 0.372 e. The molecule has 1 aliphatic carbocycles. The molecular formula is C23H29F3N4O3. The van der Waals surface area contributed by atoms with Gasteiger partial charge in [-0.15, -0.1) is 0 Å². The largest absolute Gasteiger partial charge is 0.411 e. The van der Waals surface area contributed by atoms with Crippen molar-refractivity contribution in [3.05, 3.63) is 40.4 Å². The molecule has 1 aromatic carbocycles. The van der Waals surface area contributed by atoms with Crippen molar-refractivity contribution in [2.45, 2.75) is 44.3 Å². The van der Waals surface area contributed by atoms with Crippen LogP contribution in [0.15, 0.2) is 29.1 Å². The molecule has 7 nitrogen and oxygen atoms in total. The van der Waals surface area contributed by atoms with Gasteiger partial charge in [-0.3, -0.25) is 19.1 Å². The van der Waals surface area contributed by atoms with E-state index in [1.807, 2.05) is 23.1 Å². The number of para-hydroxylation sites is 1. The van der Waals surface area contributed by atoms with Crippen molar-refractivity contribution in [1.82, 2.24) is 19.4 Å². The van der Waals surface area contributed by atoms with Crippen molar-refractivity contribution < 1.29 is 22.7 Å². The summed E-state index contributed by atoms with van der Waals surface area (Å²) in [5, 5.41) is 0.611. The normalized spacial score (nSPS) is 17.6. The number of aromatic nitrogens is 2. The van der Waals surface area contributed by atoms with E-state index < -0.39 is 12.8 Å². The summed E-state index contributed by atoms with van der Waals surface area (Å²) in [6.07, 6.45) is -1.12. The summed E-state index contributed by atoms with van der Waals surface area (Å²) < 4.78 is 42.7. The standard InChI is InChI=1S/C23H29F3N4O3/c24-23(25,26)16-33-15-3-10-28-11-13-29(14-12-28)21(31)9-8-20-27-19-5-2-1-4-18(19)22(32)30(20)17-6-7-17/h1-2,4-5,17H,3,6-16H2. The number of nitrogens with zero attached hydrogens (tertiary/aromatic N) is 4. The van der Waals surface area contributed by atoms with E-state index in [0.717, 1.165) is 12.8 Å². The van der Waals surface area contributed by atoms with Crippen LogP contribution < -0.4 is 5.56 Å². The molecule has 180 valence electrons. The number of hydrogen-bond donors (Lipinski definition) is 0. The Morgan fingerprint density at radius 1 is 1.12 bits per heavy atom. The Hall–Kier alpha value is -2.46.